The van der Waals surface area contributed by atoms with Gasteiger partial charge in [-0.25, -0.2) is 0 Å². The van der Waals surface area contributed by atoms with Gasteiger partial charge in [0, 0.05) is 13.1 Å². The van der Waals surface area contributed by atoms with Crippen LogP contribution in [0.5, 0.6) is 5.75 Å². The fourth-order valence-electron chi connectivity index (χ4n) is 1.91. The molecule has 0 aliphatic rings. The average Bonchev–Trinajstić information content (AvgIpc) is 2.41. The second kappa shape index (κ2) is 6.36. The van der Waals surface area contributed by atoms with E-state index < -0.39 is 6.10 Å². The number of nitrogens with one attached hydrogen (secondary N) is 1. The molecule has 0 spiro atoms. The van der Waals surface area contributed by atoms with E-state index in [0.29, 0.717) is 6.54 Å². The third-order valence-electron chi connectivity index (χ3n) is 3.04. The number of hydrogen-bond acceptors (Lipinski definition) is 3. The summed E-state index contributed by atoms with van der Waals surface area (Å²) < 4.78 is 0. The van der Waals surface area contributed by atoms with Crippen LogP contribution in [0.1, 0.15) is 22.8 Å². The zero-order valence-electron chi connectivity index (χ0n) is 11.0. The molecule has 3 heteroatoms. The Hall–Kier alpha value is -1.84. The van der Waals surface area contributed by atoms with Crippen molar-refractivity contribution in [3.05, 3.63) is 65.2 Å². The van der Waals surface area contributed by atoms with E-state index in [1.54, 1.807) is 24.3 Å². The molecule has 0 aliphatic carbocycles. The summed E-state index contributed by atoms with van der Waals surface area (Å²) in [6, 6.07) is 15.0. The maximum atomic E-state index is 9.99. The Labute approximate surface area is 113 Å². The van der Waals surface area contributed by atoms with Gasteiger partial charge in [-0.05, 0) is 30.2 Å². The van der Waals surface area contributed by atoms with Gasteiger partial charge in [0.1, 0.15) is 5.75 Å². The van der Waals surface area contributed by atoms with E-state index in [2.05, 4.69) is 36.5 Å². The predicted molar refractivity (Wildman–Crippen MR) is 76.0 cm³/mol. The van der Waals surface area contributed by atoms with Crippen molar-refractivity contribution in [1.82, 2.24) is 5.32 Å². The highest BCUT2D eigenvalue weighted by Gasteiger charge is 2.07. The SMILES string of the molecule is Cc1ccc(CNCC(O)c2cccc(O)c2)cc1. The van der Waals surface area contributed by atoms with Crippen molar-refractivity contribution in [2.45, 2.75) is 19.6 Å². The zero-order chi connectivity index (χ0) is 13.7. The molecule has 1 atom stereocenters. The highest BCUT2D eigenvalue weighted by atomic mass is 16.3. The van der Waals surface area contributed by atoms with Gasteiger partial charge < -0.3 is 15.5 Å². The van der Waals surface area contributed by atoms with Crippen LogP contribution in [0.4, 0.5) is 0 Å². The fraction of sp³-hybridized carbons (Fsp3) is 0.250. The molecule has 19 heavy (non-hydrogen) atoms. The Morgan fingerprint density at radius 2 is 1.84 bits per heavy atom. The molecular formula is C16H19NO2. The molecule has 0 aromatic heterocycles. The summed E-state index contributed by atoms with van der Waals surface area (Å²) in [5, 5.41) is 22.6. The Morgan fingerprint density at radius 1 is 1.11 bits per heavy atom. The van der Waals surface area contributed by atoms with Gasteiger partial charge in [0.15, 0.2) is 0 Å². The second-order valence-corrected chi connectivity index (χ2v) is 4.73. The molecule has 0 heterocycles. The number of hydrogen-bond donors (Lipinski definition) is 3. The molecular weight excluding hydrogens is 238 g/mol. The van der Waals surface area contributed by atoms with Crippen LogP contribution in [-0.2, 0) is 6.54 Å². The van der Waals surface area contributed by atoms with Crippen LogP contribution in [0.15, 0.2) is 48.5 Å². The van der Waals surface area contributed by atoms with E-state index in [0.717, 1.165) is 12.1 Å². The van der Waals surface area contributed by atoms with Crippen LogP contribution in [0, 0.1) is 6.92 Å². The number of aromatic hydroxyl groups is 1. The number of aliphatic hydroxyl groups excluding tert-OH is 1. The van der Waals surface area contributed by atoms with Crippen LogP contribution in [0.25, 0.3) is 0 Å². The lowest BCUT2D eigenvalue weighted by Gasteiger charge is -2.12. The summed E-state index contributed by atoms with van der Waals surface area (Å²) in [6.07, 6.45) is -0.613. The lowest BCUT2D eigenvalue weighted by atomic mass is 10.1. The highest BCUT2D eigenvalue weighted by Crippen LogP contribution is 2.17. The Kier molecular flexibility index (Phi) is 4.55. The molecule has 0 saturated heterocycles. The maximum Gasteiger partial charge on any atom is 0.115 e. The minimum atomic E-state index is -0.613. The number of phenolic OH excluding ortho intramolecular Hbond substituents is 1. The molecule has 100 valence electrons. The first-order valence-corrected chi connectivity index (χ1v) is 6.38. The average molecular weight is 257 g/mol. The third kappa shape index (κ3) is 4.09. The second-order valence-electron chi connectivity index (χ2n) is 4.73. The first-order valence-electron chi connectivity index (χ1n) is 6.38. The van der Waals surface area contributed by atoms with Gasteiger partial charge in [-0.2, -0.15) is 0 Å². The Balaban J connectivity index is 1.84. The summed E-state index contributed by atoms with van der Waals surface area (Å²) in [5.74, 6) is 0.176. The van der Waals surface area contributed by atoms with E-state index in [1.165, 1.54) is 11.1 Å². The number of aliphatic hydroxyl groups is 1. The molecule has 0 aliphatic heterocycles. The van der Waals surface area contributed by atoms with Crippen LogP contribution >= 0.6 is 0 Å². The van der Waals surface area contributed by atoms with E-state index in [-0.39, 0.29) is 5.75 Å². The predicted octanol–water partition coefficient (Wildman–Crippen LogP) is 2.52. The van der Waals surface area contributed by atoms with Gasteiger partial charge in [0.05, 0.1) is 6.10 Å². The number of rotatable bonds is 5. The van der Waals surface area contributed by atoms with Gasteiger partial charge in [-0.3, -0.25) is 0 Å². The van der Waals surface area contributed by atoms with Crippen molar-refractivity contribution < 1.29 is 10.2 Å². The third-order valence-corrected chi connectivity index (χ3v) is 3.04. The smallest absolute Gasteiger partial charge is 0.115 e. The summed E-state index contributed by atoms with van der Waals surface area (Å²) in [5.41, 5.74) is 3.15. The van der Waals surface area contributed by atoms with E-state index in [4.69, 9.17) is 0 Å². The van der Waals surface area contributed by atoms with Gasteiger partial charge in [-0.15, -0.1) is 0 Å². The quantitative estimate of drug-likeness (QED) is 0.771. The molecule has 2 rings (SSSR count). The van der Waals surface area contributed by atoms with E-state index >= 15 is 0 Å². The summed E-state index contributed by atoms with van der Waals surface area (Å²) >= 11 is 0. The highest BCUT2D eigenvalue weighted by molar-refractivity contribution is 5.28. The zero-order valence-corrected chi connectivity index (χ0v) is 11.0. The molecule has 0 radical (unpaired) electrons. The molecule has 0 amide bonds. The molecule has 1 unspecified atom stereocenters. The Morgan fingerprint density at radius 3 is 2.53 bits per heavy atom. The van der Waals surface area contributed by atoms with Crippen LogP contribution in [-0.4, -0.2) is 16.8 Å². The molecule has 3 N–H and O–H groups in total. The summed E-state index contributed by atoms with van der Waals surface area (Å²) in [4.78, 5) is 0. The number of aryl methyl sites for hydroxylation is 1. The van der Waals surface area contributed by atoms with Crippen molar-refractivity contribution in [2.24, 2.45) is 0 Å². The van der Waals surface area contributed by atoms with Crippen LogP contribution in [0.3, 0.4) is 0 Å². The van der Waals surface area contributed by atoms with Gasteiger partial charge in [0.25, 0.3) is 0 Å². The minimum absolute atomic E-state index is 0.176. The van der Waals surface area contributed by atoms with Crippen molar-refractivity contribution in [2.75, 3.05) is 6.54 Å². The van der Waals surface area contributed by atoms with Crippen LogP contribution in [0.2, 0.25) is 0 Å². The summed E-state index contributed by atoms with van der Waals surface area (Å²) in [7, 11) is 0. The van der Waals surface area contributed by atoms with E-state index in [9.17, 15) is 10.2 Å². The molecule has 2 aromatic rings. The molecule has 2 aromatic carbocycles. The Bertz CT molecular complexity index is 523. The van der Waals surface area contributed by atoms with Crippen molar-refractivity contribution in [3.63, 3.8) is 0 Å². The van der Waals surface area contributed by atoms with Gasteiger partial charge in [0.2, 0.25) is 0 Å². The van der Waals surface area contributed by atoms with Crippen molar-refractivity contribution in [1.29, 1.82) is 0 Å². The largest absolute Gasteiger partial charge is 0.508 e. The van der Waals surface area contributed by atoms with E-state index in [1.807, 2.05) is 0 Å². The number of benzene rings is 2. The van der Waals surface area contributed by atoms with Crippen LogP contribution < -0.4 is 5.32 Å². The fourth-order valence-corrected chi connectivity index (χ4v) is 1.91. The normalized spacial score (nSPS) is 12.3. The molecule has 0 bridgehead atoms. The van der Waals surface area contributed by atoms with Crippen molar-refractivity contribution >= 4 is 0 Å². The standard InChI is InChI=1S/C16H19NO2/c1-12-5-7-13(8-6-12)10-17-11-16(19)14-3-2-4-15(18)9-14/h2-9,16-19H,10-11H2,1H3. The van der Waals surface area contributed by atoms with Gasteiger partial charge >= 0.3 is 0 Å². The lowest BCUT2D eigenvalue weighted by Crippen LogP contribution is -2.21. The molecule has 0 fully saturated rings. The topological polar surface area (TPSA) is 52.5 Å². The van der Waals surface area contributed by atoms with Crippen molar-refractivity contribution in [3.8, 4) is 5.75 Å². The van der Waals surface area contributed by atoms with Gasteiger partial charge in [-0.1, -0.05) is 42.0 Å². The monoisotopic (exact) mass is 257 g/mol. The first kappa shape index (κ1) is 13.6. The summed E-state index contributed by atoms with van der Waals surface area (Å²) in [6.45, 7) is 3.23. The molecule has 3 nitrogen and oxygen atoms in total. The minimum Gasteiger partial charge on any atom is -0.508 e. The number of phenols is 1. The first-order chi connectivity index (χ1) is 9.15. The molecule has 0 saturated carbocycles. The maximum absolute atomic E-state index is 9.99. The lowest BCUT2D eigenvalue weighted by molar-refractivity contribution is 0.174.